The molecule has 4 rings (SSSR count). The van der Waals surface area contributed by atoms with E-state index in [2.05, 4.69) is 34.2 Å². The minimum atomic E-state index is -0.305. The molecule has 2 saturated heterocycles. The normalized spacial score (nSPS) is 20.4. The maximum Gasteiger partial charge on any atom is 0.266 e. The lowest BCUT2D eigenvalue weighted by atomic mass is 10.1. The van der Waals surface area contributed by atoms with Gasteiger partial charge in [0.25, 0.3) is 5.91 Å². The van der Waals surface area contributed by atoms with Crippen molar-refractivity contribution in [2.45, 2.75) is 19.3 Å². The molecule has 1 amide bonds. The van der Waals surface area contributed by atoms with Crippen LogP contribution in [0, 0.1) is 5.82 Å². The first kappa shape index (κ1) is 18.7. The quantitative estimate of drug-likeness (QED) is 0.683. The summed E-state index contributed by atoms with van der Waals surface area (Å²) in [6, 6.07) is 14.3. The highest BCUT2D eigenvalue weighted by Gasteiger charge is 2.30. The number of amides is 1. The van der Waals surface area contributed by atoms with Crippen LogP contribution in [0.25, 0.3) is 6.08 Å². The van der Waals surface area contributed by atoms with Gasteiger partial charge >= 0.3 is 0 Å². The molecule has 0 bridgehead atoms. The number of hydrogen-bond donors (Lipinski definition) is 0. The van der Waals surface area contributed by atoms with Crippen LogP contribution in [0.1, 0.15) is 24.8 Å². The van der Waals surface area contributed by atoms with Gasteiger partial charge < -0.3 is 4.90 Å². The minimum Gasteiger partial charge on any atom is -0.372 e. The molecule has 2 aromatic rings. The number of thioether (sulfide) groups is 1. The van der Waals surface area contributed by atoms with Crippen LogP contribution in [0.3, 0.4) is 0 Å². The molecular formula is C22H22FN3OS. The van der Waals surface area contributed by atoms with Gasteiger partial charge in [-0.3, -0.25) is 9.69 Å². The van der Waals surface area contributed by atoms with Gasteiger partial charge in [-0.05, 0) is 79.1 Å². The third-order valence-electron chi connectivity index (χ3n) is 4.97. The zero-order chi connectivity index (χ0) is 19.5. The number of benzene rings is 2. The van der Waals surface area contributed by atoms with Gasteiger partial charge in [0.05, 0.1) is 10.6 Å². The molecule has 0 spiro atoms. The van der Waals surface area contributed by atoms with Crippen molar-refractivity contribution in [2.24, 2.45) is 4.99 Å². The van der Waals surface area contributed by atoms with Crippen LogP contribution in [0.2, 0.25) is 0 Å². The second-order valence-electron chi connectivity index (χ2n) is 6.98. The Labute approximate surface area is 168 Å². The fraction of sp³-hybridized carbons (Fsp3) is 0.273. The van der Waals surface area contributed by atoms with Gasteiger partial charge in [-0.15, -0.1) is 0 Å². The van der Waals surface area contributed by atoms with Gasteiger partial charge in [0.1, 0.15) is 5.82 Å². The molecule has 0 saturated carbocycles. The molecule has 28 heavy (non-hydrogen) atoms. The average molecular weight is 396 g/mol. The summed E-state index contributed by atoms with van der Waals surface area (Å²) in [5, 5.41) is 0.591. The van der Waals surface area contributed by atoms with Crippen LogP contribution in [0.5, 0.6) is 0 Å². The molecule has 2 heterocycles. The fourth-order valence-corrected chi connectivity index (χ4v) is 4.35. The smallest absolute Gasteiger partial charge is 0.266 e. The first-order chi connectivity index (χ1) is 13.6. The number of hydrogen-bond acceptors (Lipinski definition) is 4. The Balaban J connectivity index is 1.51. The van der Waals surface area contributed by atoms with E-state index in [-0.39, 0.29) is 11.7 Å². The van der Waals surface area contributed by atoms with Crippen molar-refractivity contribution in [1.82, 2.24) is 4.90 Å². The molecule has 2 aliphatic rings. The standard InChI is InChI=1S/C22H22FN3OS/c1-25-21(27)20(28-22(25)24-18-9-7-17(23)8-10-18)15-16-5-11-19(12-6-16)26-13-3-2-4-14-26/h5-12,15H,2-4,13-14H2,1H3/b20-15-,24-22?. The number of halogens is 1. The number of aliphatic imine (C=N–C) groups is 1. The van der Waals surface area contributed by atoms with Gasteiger partial charge in [-0.1, -0.05) is 12.1 Å². The van der Waals surface area contributed by atoms with Crippen LogP contribution < -0.4 is 4.90 Å². The van der Waals surface area contributed by atoms with E-state index < -0.39 is 0 Å². The van der Waals surface area contributed by atoms with Crippen molar-refractivity contribution in [2.75, 3.05) is 25.0 Å². The summed E-state index contributed by atoms with van der Waals surface area (Å²) in [5.41, 5.74) is 2.85. The number of carbonyl (C=O) groups excluding carboxylic acids is 1. The molecule has 2 fully saturated rings. The molecule has 2 aromatic carbocycles. The molecule has 0 N–H and O–H groups in total. The van der Waals surface area contributed by atoms with Crippen molar-refractivity contribution in [1.29, 1.82) is 0 Å². The van der Waals surface area contributed by atoms with Crippen LogP contribution >= 0.6 is 11.8 Å². The second kappa shape index (κ2) is 8.19. The van der Waals surface area contributed by atoms with E-state index in [0.29, 0.717) is 15.8 Å². The summed E-state index contributed by atoms with van der Waals surface area (Å²) in [7, 11) is 1.71. The number of nitrogens with zero attached hydrogens (tertiary/aromatic N) is 3. The topological polar surface area (TPSA) is 35.9 Å². The lowest BCUT2D eigenvalue weighted by Crippen LogP contribution is -2.29. The maximum atomic E-state index is 13.1. The highest BCUT2D eigenvalue weighted by molar-refractivity contribution is 8.18. The summed E-state index contributed by atoms with van der Waals surface area (Å²) in [6.07, 6.45) is 5.71. The molecule has 0 aromatic heterocycles. The predicted molar refractivity (Wildman–Crippen MR) is 114 cm³/mol. The Bertz CT molecular complexity index is 916. The van der Waals surface area contributed by atoms with E-state index in [9.17, 15) is 9.18 Å². The Morgan fingerprint density at radius 1 is 1.00 bits per heavy atom. The van der Waals surface area contributed by atoms with Crippen LogP contribution in [0.4, 0.5) is 15.8 Å². The molecule has 6 heteroatoms. The molecular weight excluding hydrogens is 373 g/mol. The Kier molecular flexibility index (Phi) is 5.48. The van der Waals surface area contributed by atoms with Gasteiger partial charge in [0.15, 0.2) is 5.17 Å². The van der Waals surface area contributed by atoms with Crippen LogP contribution in [-0.4, -0.2) is 36.1 Å². The van der Waals surface area contributed by atoms with Crippen molar-refractivity contribution in [3.8, 4) is 0 Å². The van der Waals surface area contributed by atoms with Crippen molar-refractivity contribution >= 4 is 40.3 Å². The van der Waals surface area contributed by atoms with E-state index >= 15 is 0 Å². The van der Waals surface area contributed by atoms with E-state index in [4.69, 9.17) is 0 Å². The number of amidine groups is 1. The van der Waals surface area contributed by atoms with Crippen LogP contribution in [0.15, 0.2) is 58.4 Å². The zero-order valence-corrected chi connectivity index (χ0v) is 16.6. The highest BCUT2D eigenvalue weighted by Crippen LogP contribution is 2.33. The van der Waals surface area contributed by atoms with Gasteiger partial charge in [0, 0.05) is 25.8 Å². The Morgan fingerprint density at radius 2 is 1.68 bits per heavy atom. The van der Waals surface area contributed by atoms with Crippen LogP contribution in [-0.2, 0) is 4.79 Å². The maximum absolute atomic E-state index is 13.1. The molecule has 0 aliphatic carbocycles. The van der Waals surface area contributed by atoms with Gasteiger partial charge in [-0.2, -0.15) is 0 Å². The Morgan fingerprint density at radius 3 is 2.36 bits per heavy atom. The number of likely N-dealkylation sites (N-methyl/N-ethyl adjacent to an activating group) is 1. The molecule has 144 valence electrons. The summed E-state index contributed by atoms with van der Waals surface area (Å²) >= 11 is 1.34. The fourth-order valence-electron chi connectivity index (χ4n) is 3.36. The number of piperidine rings is 1. The first-order valence-electron chi connectivity index (χ1n) is 9.47. The molecule has 0 unspecified atom stereocenters. The Hall–Kier alpha value is -2.60. The predicted octanol–water partition coefficient (Wildman–Crippen LogP) is 5.05. The first-order valence-corrected chi connectivity index (χ1v) is 10.3. The third kappa shape index (κ3) is 4.12. The number of carbonyl (C=O) groups is 1. The molecule has 0 radical (unpaired) electrons. The zero-order valence-electron chi connectivity index (χ0n) is 15.8. The SMILES string of the molecule is CN1C(=O)/C(=C/c2ccc(N3CCCCC3)cc2)SC1=Nc1ccc(F)cc1. The lowest BCUT2D eigenvalue weighted by molar-refractivity contribution is -0.121. The monoisotopic (exact) mass is 395 g/mol. The number of anilines is 1. The lowest BCUT2D eigenvalue weighted by Gasteiger charge is -2.28. The van der Waals surface area contributed by atoms with Crippen molar-refractivity contribution in [3.05, 3.63) is 64.8 Å². The average Bonchev–Trinajstić information content (AvgIpc) is 2.99. The number of rotatable bonds is 3. The van der Waals surface area contributed by atoms with E-state index in [0.717, 1.165) is 18.7 Å². The molecule has 2 aliphatic heterocycles. The molecule has 4 nitrogen and oxygen atoms in total. The molecule has 0 atom stereocenters. The second-order valence-corrected chi connectivity index (χ2v) is 7.99. The summed E-state index contributed by atoms with van der Waals surface area (Å²) < 4.78 is 13.1. The van der Waals surface area contributed by atoms with E-state index in [1.165, 1.54) is 53.7 Å². The van der Waals surface area contributed by atoms with Gasteiger partial charge in [0.2, 0.25) is 0 Å². The summed E-state index contributed by atoms with van der Waals surface area (Å²) in [5.74, 6) is -0.382. The summed E-state index contributed by atoms with van der Waals surface area (Å²) in [4.78, 5) is 21.6. The van der Waals surface area contributed by atoms with E-state index in [1.54, 1.807) is 19.2 Å². The third-order valence-corrected chi connectivity index (χ3v) is 6.03. The van der Waals surface area contributed by atoms with Gasteiger partial charge in [-0.25, -0.2) is 9.38 Å². The summed E-state index contributed by atoms with van der Waals surface area (Å²) in [6.45, 7) is 2.23. The van der Waals surface area contributed by atoms with Crippen molar-refractivity contribution < 1.29 is 9.18 Å². The highest BCUT2D eigenvalue weighted by atomic mass is 32.2. The minimum absolute atomic E-state index is 0.0778. The van der Waals surface area contributed by atoms with E-state index in [1.807, 2.05) is 6.08 Å². The largest absolute Gasteiger partial charge is 0.372 e. The van der Waals surface area contributed by atoms with Crippen molar-refractivity contribution in [3.63, 3.8) is 0 Å².